The van der Waals surface area contributed by atoms with E-state index in [0.717, 1.165) is 5.52 Å². The number of hydrogen-bond donors (Lipinski definition) is 1. The minimum absolute atomic E-state index is 0.488. The molecule has 1 aromatic carbocycles. The zero-order valence-electron chi connectivity index (χ0n) is 11.4. The van der Waals surface area contributed by atoms with Crippen molar-refractivity contribution in [3.8, 4) is 0 Å². The Bertz CT molecular complexity index is 501. The molecule has 0 spiro atoms. The lowest BCUT2D eigenvalue weighted by molar-refractivity contribution is 0.430. The molecule has 0 fully saturated rings. The first-order chi connectivity index (χ1) is 8.77. The topological polar surface area (TPSA) is 43.8 Å². The molecule has 18 heavy (non-hydrogen) atoms. The Balaban J connectivity index is 2.39. The number of rotatable bonds is 6. The number of nitrogens with zero attached hydrogens (tertiary/aromatic N) is 2. The van der Waals surface area contributed by atoms with Crippen LogP contribution in [0.4, 0.5) is 5.95 Å². The van der Waals surface area contributed by atoms with E-state index in [0.29, 0.717) is 12.0 Å². The van der Waals surface area contributed by atoms with Crippen LogP contribution >= 0.6 is 0 Å². The van der Waals surface area contributed by atoms with Crippen molar-refractivity contribution in [2.24, 2.45) is 0 Å². The first-order valence-electron chi connectivity index (χ1n) is 7.00. The van der Waals surface area contributed by atoms with Crippen LogP contribution in [0.5, 0.6) is 0 Å². The summed E-state index contributed by atoms with van der Waals surface area (Å²) >= 11 is 0. The Morgan fingerprint density at radius 1 is 1.17 bits per heavy atom. The number of aromatic nitrogens is 2. The zero-order chi connectivity index (χ0) is 13.0. The molecule has 3 heteroatoms. The van der Waals surface area contributed by atoms with Gasteiger partial charge in [-0.25, -0.2) is 4.98 Å². The third-order valence-electron chi connectivity index (χ3n) is 3.50. The third kappa shape index (κ3) is 2.50. The van der Waals surface area contributed by atoms with Crippen LogP contribution in [0.25, 0.3) is 11.0 Å². The van der Waals surface area contributed by atoms with E-state index in [2.05, 4.69) is 35.5 Å². The van der Waals surface area contributed by atoms with Crippen molar-refractivity contribution in [1.29, 1.82) is 0 Å². The number of benzene rings is 1. The van der Waals surface area contributed by atoms with E-state index < -0.39 is 0 Å². The van der Waals surface area contributed by atoms with Crippen LogP contribution in [-0.4, -0.2) is 9.55 Å². The Morgan fingerprint density at radius 3 is 2.67 bits per heavy atom. The van der Waals surface area contributed by atoms with Gasteiger partial charge in [0.05, 0.1) is 11.0 Å². The van der Waals surface area contributed by atoms with Crippen molar-refractivity contribution in [2.45, 2.75) is 52.0 Å². The Hall–Kier alpha value is -1.51. The largest absolute Gasteiger partial charge is 0.369 e. The molecule has 0 amide bonds. The normalized spacial score (nSPS) is 13.0. The molecule has 0 saturated carbocycles. The number of fused-ring (bicyclic) bond motifs is 1. The molecule has 0 aliphatic rings. The molecule has 2 N–H and O–H groups in total. The summed E-state index contributed by atoms with van der Waals surface area (Å²) in [5, 5.41) is 0. The van der Waals surface area contributed by atoms with Crippen LogP contribution in [0, 0.1) is 0 Å². The van der Waals surface area contributed by atoms with E-state index in [9.17, 15) is 0 Å². The quantitative estimate of drug-likeness (QED) is 0.830. The first kappa shape index (κ1) is 12.9. The zero-order valence-corrected chi connectivity index (χ0v) is 11.4. The first-order valence-corrected chi connectivity index (χ1v) is 7.00. The molecule has 98 valence electrons. The number of anilines is 1. The van der Waals surface area contributed by atoms with Gasteiger partial charge < -0.3 is 10.3 Å². The molecule has 1 aromatic heterocycles. The lowest BCUT2D eigenvalue weighted by atomic mass is 10.0. The van der Waals surface area contributed by atoms with Gasteiger partial charge in [0, 0.05) is 6.04 Å². The van der Waals surface area contributed by atoms with Crippen molar-refractivity contribution in [2.75, 3.05) is 5.73 Å². The molecule has 0 aliphatic carbocycles. The monoisotopic (exact) mass is 245 g/mol. The van der Waals surface area contributed by atoms with Gasteiger partial charge >= 0.3 is 0 Å². The summed E-state index contributed by atoms with van der Waals surface area (Å²) < 4.78 is 2.23. The molecular weight excluding hydrogens is 222 g/mol. The highest BCUT2D eigenvalue weighted by Crippen LogP contribution is 2.29. The van der Waals surface area contributed by atoms with Gasteiger partial charge in [-0.1, -0.05) is 45.2 Å². The summed E-state index contributed by atoms with van der Waals surface area (Å²) in [6.45, 7) is 4.46. The number of hydrogen-bond acceptors (Lipinski definition) is 2. The fourth-order valence-corrected chi connectivity index (χ4v) is 2.62. The highest BCUT2D eigenvalue weighted by molar-refractivity contribution is 5.78. The molecule has 1 heterocycles. The van der Waals surface area contributed by atoms with Crippen LogP contribution in [0.1, 0.15) is 52.0 Å². The predicted octanol–water partition coefficient (Wildman–Crippen LogP) is 4.15. The Kier molecular flexibility index (Phi) is 4.24. The van der Waals surface area contributed by atoms with Gasteiger partial charge in [0.25, 0.3) is 0 Å². The van der Waals surface area contributed by atoms with Crippen LogP contribution < -0.4 is 5.73 Å². The summed E-state index contributed by atoms with van der Waals surface area (Å²) in [5.74, 6) is 0.658. The molecule has 0 aliphatic heterocycles. The molecule has 3 nitrogen and oxygen atoms in total. The van der Waals surface area contributed by atoms with E-state index in [-0.39, 0.29) is 0 Å². The van der Waals surface area contributed by atoms with Gasteiger partial charge in [0.15, 0.2) is 0 Å². The second kappa shape index (κ2) is 5.89. The second-order valence-electron chi connectivity index (χ2n) is 4.91. The molecule has 1 atom stereocenters. The Labute approximate surface area is 109 Å². The van der Waals surface area contributed by atoms with Crippen LogP contribution in [0.2, 0.25) is 0 Å². The lowest BCUT2D eigenvalue weighted by Gasteiger charge is -2.20. The highest BCUT2D eigenvalue weighted by atomic mass is 15.2. The maximum atomic E-state index is 6.11. The van der Waals surface area contributed by atoms with Crippen LogP contribution in [0.15, 0.2) is 24.3 Å². The summed E-state index contributed by atoms with van der Waals surface area (Å²) in [6, 6.07) is 8.71. The Morgan fingerprint density at radius 2 is 1.94 bits per heavy atom. The van der Waals surface area contributed by atoms with Crippen molar-refractivity contribution in [3.63, 3.8) is 0 Å². The van der Waals surface area contributed by atoms with Crippen molar-refractivity contribution in [1.82, 2.24) is 9.55 Å². The summed E-state index contributed by atoms with van der Waals surface area (Å²) in [7, 11) is 0. The maximum Gasteiger partial charge on any atom is 0.201 e. The van der Waals surface area contributed by atoms with E-state index in [1.165, 1.54) is 37.6 Å². The minimum Gasteiger partial charge on any atom is -0.369 e. The third-order valence-corrected chi connectivity index (χ3v) is 3.50. The van der Waals surface area contributed by atoms with Gasteiger partial charge in [-0.2, -0.15) is 0 Å². The van der Waals surface area contributed by atoms with E-state index in [1.54, 1.807) is 0 Å². The molecule has 0 radical (unpaired) electrons. The van der Waals surface area contributed by atoms with Crippen molar-refractivity contribution in [3.05, 3.63) is 24.3 Å². The molecule has 0 bridgehead atoms. The molecule has 2 rings (SSSR count). The van der Waals surface area contributed by atoms with Gasteiger partial charge in [-0.05, 0) is 25.0 Å². The fraction of sp³-hybridized carbons (Fsp3) is 0.533. The molecular formula is C15H23N3. The number of imidazole rings is 1. The van der Waals surface area contributed by atoms with Gasteiger partial charge in [0.1, 0.15) is 0 Å². The smallest absolute Gasteiger partial charge is 0.201 e. The lowest BCUT2D eigenvalue weighted by Crippen LogP contribution is -2.12. The van der Waals surface area contributed by atoms with Crippen molar-refractivity contribution < 1.29 is 0 Å². The average Bonchev–Trinajstić information content (AvgIpc) is 2.70. The van der Waals surface area contributed by atoms with Gasteiger partial charge in [0.2, 0.25) is 5.95 Å². The van der Waals surface area contributed by atoms with E-state index in [1.807, 2.05) is 12.1 Å². The number of nitrogen functional groups attached to an aromatic ring is 1. The molecule has 0 saturated heterocycles. The predicted molar refractivity (Wildman–Crippen MR) is 77.6 cm³/mol. The van der Waals surface area contributed by atoms with E-state index in [4.69, 9.17) is 5.73 Å². The summed E-state index contributed by atoms with van der Waals surface area (Å²) in [4.78, 5) is 4.47. The summed E-state index contributed by atoms with van der Waals surface area (Å²) in [5.41, 5.74) is 8.29. The van der Waals surface area contributed by atoms with Gasteiger partial charge in [-0.3, -0.25) is 0 Å². The minimum atomic E-state index is 0.488. The SMILES string of the molecule is CCCCC(CCC)n1c(N)nc2ccccc21. The number of para-hydroxylation sites is 2. The van der Waals surface area contributed by atoms with Crippen molar-refractivity contribution >= 4 is 17.0 Å². The fourth-order valence-electron chi connectivity index (χ4n) is 2.62. The summed E-state index contributed by atoms with van der Waals surface area (Å²) in [6.07, 6.45) is 6.02. The second-order valence-corrected chi connectivity index (χ2v) is 4.91. The molecule has 1 unspecified atom stereocenters. The van der Waals surface area contributed by atoms with E-state index >= 15 is 0 Å². The standard InChI is InChI=1S/C15H23N3/c1-3-5-9-12(8-4-2)18-14-11-7-6-10-13(14)17-15(18)16/h6-7,10-12H,3-5,8-9H2,1-2H3,(H2,16,17). The molecule has 2 aromatic rings. The average molecular weight is 245 g/mol. The number of nitrogens with two attached hydrogens (primary N) is 1. The van der Waals surface area contributed by atoms with Crippen LogP contribution in [-0.2, 0) is 0 Å². The highest BCUT2D eigenvalue weighted by Gasteiger charge is 2.16. The van der Waals surface area contributed by atoms with Crippen LogP contribution in [0.3, 0.4) is 0 Å². The maximum absolute atomic E-state index is 6.11. The van der Waals surface area contributed by atoms with Gasteiger partial charge in [-0.15, -0.1) is 0 Å². The number of unbranched alkanes of at least 4 members (excludes halogenated alkanes) is 1.